The lowest BCUT2D eigenvalue weighted by Gasteiger charge is -2.17. The standard InChI is InChI=1S/C22H20N2O6/c1-12(21(27)30-18-10-19(25)24-20(18)26)23-22(28)29-11-17-15-8-4-2-6-13(15)14-7-3-5-9-16(14)17/h2-9,12,17-18H,10-11H2,1H3,(H,23,28)(H,24,25,26)/t12-,18+/m1/s1. The molecular weight excluding hydrogens is 388 g/mol. The quantitative estimate of drug-likeness (QED) is 0.577. The Bertz CT molecular complexity index is 988. The first-order valence-corrected chi connectivity index (χ1v) is 9.59. The van der Waals surface area contributed by atoms with Crippen molar-refractivity contribution in [3.8, 4) is 11.1 Å². The molecule has 1 aliphatic carbocycles. The van der Waals surface area contributed by atoms with Crippen LogP contribution in [0.2, 0.25) is 0 Å². The van der Waals surface area contributed by atoms with E-state index in [9.17, 15) is 19.2 Å². The molecule has 30 heavy (non-hydrogen) atoms. The van der Waals surface area contributed by atoms with Gasteiger partial charge in [0.25, 0.3) is 5.91 Å². The molecule has 0 unspecified atom stereocenters. The molecule has 1 aliphatic heterocycles. The molecular formula is C22H20N2O6. The molecule has 1 heterocycles. The van der Waals surface area contributed by atoms with E-state index >= 15 is 0 Å². The van der Waals surface area contributed by atoms with E-state index in [0.29, 0.717) is 0 Å². The Morgan fingerprint density at radius 2 is 1.67 bits per heavy atom. The van der Waals surface area contributed by atoms with Gasteiger partial charge in [0.05, 0.1) is 6.42 Å². The minimum Gasteiger partial charge on any atom is -0.450 e. The van der Waals surface area contributed by atoms with Crippen molar-refractivity contribution in [3.05, 3.63) is 59.7 Å². The van der Waals surface area contributed by atoms with Crippen molar-refractivity contribution in [1.29, 1.82) is 0 Å². The fourth-order valence-electron chi connectivity index (χ4n) is 3.74. The van der Waals surface area contributed by atoms with Crippen LogP contribution in [0.4, 0.5) is 4.79 Å². The largest absolute Gasteiger partial charge is 0.450 e. The van der Waals surface area contributed by atoms with Crippen LogP contribution in [-0.4, -0.2) is 42.6 Å². The van der Waals surface area contributed by atoms with Gasteiger partial charge in [-0.3, -0.25) is 14.9 Å². The van der Waals surface area contributed by atoms with Crippen LogP contribution in [0.5, 0.6) is 0 Å². The number of hydrogen-bond acceptors (Lipinski definition) is 6. The third-order valence-electron chi connectivity index (χ3n) is 5.22. The molecule has 1 saturated heterocycles. The highest BCUT2D eigenvalue weighted by molar-refractivity contribution is 6.05. The summed E-state index contributed by atoms with van der Waals surface area (Å²) in [4.78, 5) is 47.0. The molecule has 8 heteroatoms. The SMILES string of the molecule is C[C@@H](NC(=O)OCC1c2ccccc2-c2ccccc21)C(=O)O[C@H]1CC(=O)NC1=O. The van der Waals surface area contributed by atoms with E-state index in [2.05, 4.69) is 10.6 Å². The smallest absolute Gasteiger partial charge is 0.407 e. The molecule has 3 amide bonds. The molecule has 154 valence electrons. The predicted molar refractivity (Wildman–Crippen MR) is 105 cm³/mol. The lowest BCUT2D eigenvalue weighted by molar-refractivity contribution is -0.155. The minimum absolute atomic E-state index is 0.0985. The molecule has 2 aromatic carbocycles. The third kappa shape index (κ3) is 3.76. The summed E-state index contributed by atoms with van der Waals surface area (Å²) >= 11 is 0. The lowest BCUT2D eigenvalue weighted by atomic mass is 9.98. The molecule has 2 N–H and O–H groups in total. The average molecular weight is 408 g/mol. The molecule has 8 nitrogen and oxygen atoms in total. The summed E-state index contributed by atoms with van der Waals surface area (Å²) in [5.74, 6) is -2.09. The first-order valence-electron chi connectivity index (χ1n) is 9.59. The number of amides is 3. The van der Waals surface area contributed by atoms with Gasteiger partial charge in [0, 0.05) is 5.92 Å². The summed E-state index contributed by atoms with van der Waals surface area (Å²) in [5, 5.41) is 4.45. The molecule has 0 aromatic heterocycles. The van der Waals surface area contributed by atoms with E-state index in [4.69, 9.17) is 9.47 Å². The van der Waals surface area contributed by atoms with Crippen molar-refractivity contribution >= 4 is 23.9 Å². The monoisotopic (exact) mass is 408 g/mol. The first-order chi connectivity index (χ1) is 14.4. The van der Waals surface area contributed by atoms with Crippen LogP contribution in [0, 0.1) is 0 Å². The second kappa shape index (κ2) is 7.98. The van der Waals surface area contributed by atoms with Gasteiger partial charge in [0.1, 0.15) is 12.6 Å². The Morgan fingerprint density at radius 1 is 1.07 bits per heavy atom. The van der Waals surface area contributed by atoms with Gasteiger partial charge in [-0.15, -0.1) is 0 Å². The second-order valence-electron chi connectivity index (χ2n) is 7.23. The van der Waals surface area contributed by atoms with Crippen LogP contribution >= 0.6 is 0 Å². The van der Waals surface area contributed by atoms with Crippen LogP contribution in [0.25, 0.3) is 11.1 Å². The molecule has 2 atom stereocenters. The Labute approximate surface area is 172 Å². The van der Waals surface area contributed by atoms with Gasteiger partial charge in [0.2, 0.25) is 5.91 Å². The zero-order chi connectivity index (χ0) is 21.3. The number of hydrogen-bond donors (Lipinski definition) is 2. The van der Waals surface area contributed by atoms with Gasteiger partial charge in [-0.05, 0) is 29.2 Å². The highest BCUT2D eigenvalue weighted by Crippen LogP contribution is 2.44. The molecule has 0 bridgehead atoms. The molecule has 0 saturated carbocycles. The third-order valence-corrected chi connectivity index (χ3v) is 5.22. The number of ether oxygens (including phenoxy) is 2. The van der Waals surface area contributed by atoms with E-state index in [1.54, 1.807) is 0 Å². The maximum Gasteiger partial charge on any atom is 0.407 e. The number of rotatable bonds is 5. The maximum absolute atomic E-state index is 12.2. The number of alkyl carbamates (subject to hydrolysis) is 1. The van der Waals surface area contributed by atoms with Crippen LogP contribution in [0.3, 0.4) is 0 Å². The molecule has 2 aliphatic rings. The molecule has 1 fully saturated rings. The Balaban J connectivity index is 1.34. The Hall–Kier alpha value is -3.68. The van der Waals surface area contributed by atoms with E-state index < -0.39 is 36.0 Å². The van der Waals surface area contributed by atoms with Crippen molar-refractivity contribution in [3.63, 3.8) is 0 Å². The fourth-order valence-corrected chi connectivity index (χ4v) is 3.74. The first kappa shape index (κ1) is 19.6. The molecule has 0 spiro atoms. The molecule has 4 rings (SSSR count). The van der Waals surface area contributed by atoms with Crippen LogP contribution in [0.1, 0.15) is 30.4 Å². The number of nitrogens with one attached hydrogen (secondary N) is 2. The van der Waals surface area contributed by atoms with Gasteiger partial charge in [-0.25, -0.2) is 9.59 Å². The summed E-state index contributed by atoms with van der Waals surface area (Å²) in [6, 6.07) is 14.9. The number of fused-ring (bicyclic) bond motifs is 3. The number of imide groups is 1. The number of esters is 1. The van der Waals surface area contributed by atoms with Gasteiger partial charge in [-0.1, -0.05) is 48.5 Å². The Morgan fingerprint density at radius 3 is 2.23 bits per heavy atom. The average Bonchev–Trinajstić information content (AvgIpc) is 3.22. The predicted octanol–water partition coefficient (Wildman–Crippen LogP) is 1.87. The van der Waals surface area contributed by atoms with E-state index in [0.717, 1.165) is 22.3 Å². The van der Waals surface area contributed by atoms with Gasteiger partial charge in [-0.2, -0.15) is 0 Å². The summed E-state index contributed by atoms with van der Waals surface area (Å²) in [6.07, 6.45) is -2.16. The minimum atomic E-state index is -1.17. The van der Waals surface area contributed by atoms with E-state index in [1.165, 1.54) is 6.92 Å². The highest BCUT2D eigenvalue weighted by Gasteiger charge is 2.35. The summed E-state index contributed by atoms with van der Waals surface area (Å²) in [6.45, 7) is 1.53. The van der Waals surface area contributed by atoms with E-state index in [-0.39, 0.29) is 18.9 Å². The van der Waals surface area contributed by atoms with Gasteiger partial charge in [0.15, 0.2) is 6.10 Å². The summed E-state index contributed by atoms with van der Waals surface area (Å²) < 4.78 is 10.4. The number of carbonyl (C=O) groups excluding carboxylic acids is 4. The number of benzene rings is 2. The Kier molecular flexibility index (Phi) is 5.22. The summed E-state index contributed by atoms with van der Waals surface area (Å²) in [5.41, 5.74) is 4.39. The fraction of sp³-hybridized carbons (Fsp3) is 0.273. The van der Waals surface area contributed by atoms with E-state index in [1.807, 2.05) is 48.5 Å². The van der Waals surface area contributed by atoms with Crippen LogP contribution in [0.15, 0.2) is 48.5 Å². The van der Waals surface area contributed by atoms with Crippen molar-refractivity contribution in [1.82, 2.24) is 10.6 Å². The van der Waals surface area contributed by atoms with Gasteiger partial charge >= 0.3 is 12.1 Å². The normalized spacial score (nSPS) is 18.2. The molecule has 0 radical (unpaired) electrons. The van der Waals surface area contributed by atoms with Gasteiger partial charge < -0.3 is 14.8 Å². The maximum atomic E-state index is 12.2. The van der Waals surface area contributed by atoms with Crippen molar-refractivity contribution in [2.45, 2.75) is 31.4 Å². The number of carbonyl (C=O) groups is 4. The van der Waals surface area contributed by atoms with Crippen molar-refractivity contribution in [2.75, 3.05) is 6.61 Å². The highest BCUT2D eigenvalue weighted by atomic mass is 16.6. The zero-order valence-electron chi connectivity index (χ0n) is 16.2. The topological polar surface area (TPSA) is 111 Å². The summed E-state index contributed by atoms with van der Waals surface area (Å²) in [7, 11) is 0. The van der Waals surface area contributed by atoms with Crippen LogP contribution < -0.4 is 10.6 Å². The lowest BCUT2D eigenvalue weighted by Crippen LogP contribution is -2.42. The van der Waals surface area contributed by atoms with Crippen molar-refractivity contribution in [2.24, 2.45) is 0 Å². The zero-order valence-corrected chi connectivity index (χ0v) is 16.2. The molecule has 2 aromatic rings. The second-order valence-corrected chi connectivity index (χ2v) is 7.23. The van der Waals surface area contributed by atoms with Crippen LogP contribution in [-0.2, 0) is 23.9 Å². The van der Waals surface area contributed by atoms with Crippen molar-refractivity contribution < 1.29 is 28.7 Å².